The van der Waals surface area contributed by atoms with Gasteiger partial charge in [-0.05, 0) is 24.3 Å². The minimum atomic E-state index is 0.0457. The van der Waals surface area contributed by atoms with E-state index < -0.39 is 0 Å². The van der Waals surface area contributed by atoms with Crippen molar-refractivity contribution in [1.82, 2.24) is 14.5 Å². The second kappa shape index (κ2) is 6.28. The number of ether oxygens (including phenoxy) is 2. The molecule has 4 aromatic rings. The van der Waals surface area contributed by atoms with E-state index in [0.717, 1.165) is 16.6 Å². The second-order valence-electron chi connectivity index (χ2n) is 6.22. The molecule has 0 bridgehead atoms. The van der Waals surface area contributed by atoms with Gasteiger partial charge < -0.3 is 29.9 Å². The third-order valence-corrected chi connectivity index (χ3v) is 4.67. The van der Waals surface area contributed by atoms with Gasteiger partial charge in [-0.15, -0.1) is 0 Å². The zero-order valence-electron chi connectivity index (χ0n) is 15.3. The van der Waals surface area contributed by atoms with Gasteiger partial charge in [-0.3, -0.25) is 0 Å². The highest BCUT2D eigenvalue weighted by molar-refractivity contribution is 5.90. The number of nitrogens with one attached hydrogen (secondary N) is 1. The fourth-order valence-corrected chi connectivity index (χ4v) is 3.27. The van der Waals surface area contributed by atoms with Crippen molar-refractivity contribution in [3.8, 4) is 39.9 Å². The average Bonchev–Trinajstić information content (AvgIpc) is 3.19. The molecule has 0 spiro atoms. The molecule has 4 N–H and O–H groups in total. The monoisotopic (exact) mass is 364 g/mol. The summed E-state index contributed by atoms with van der Waals surface area (Å²) in [6.07, 6.45) is 0. The van der Waals surface area contributed by atoms with Gasteiger partial charge in [-0.25, -0.2) is 4.98 Å². The standard InChI is InChI=1S/C20H20N4O3/c1-24-17(11-8-12(26-2)10-13(9-11)27-3)18(25)16(19(24)21)20-22-14-6-4-5-7-15(14)23-20/h4-10,25H,21H2,1-3H3,(H,22,23). The lowest BCUT2D eigenvalue weighted by molar-refractivity contribution is 0.394. The highest BCUT2D eigenvalue weighted by Crippen LogP contribution is 2.45. The number of methoxy groups -OCH3 is 2. The van der Waals surface area contributed by atoms with Gasteiger partial charge in [-0.2, -0.15) is 0 Å². The van der Waals surface area contributed by atoms with Crippen LogP contribution in [0.15, 0.2) is 42.5 Å². The smallest absolute Gasteiger partial charge is 0.154 e. The maximum Gasteiger partial charge on any atom is 0.154 e. The molecule has 0 aliphatic rings. The van der Waals surface area contributed by atoms with Gasteiger partial charge in [0, 0.05) is 18.7 Å². The molecule has 4 rings (SSSR count). The van der Waals surface area contributed by atoms with Crippen LogP contribution in [0.2, 0.25) is 0 Å². The van der Waals surface area contributed by atoms with Crippen molar-refractivity contribution in [2.45, 2.75) is 0 Å². The Labute approximate surface area is 156 Å². The third kappa shape index (κ3) is 2.64. The number of nitrogens with two attached hydrogens (primary N) is 1. The van der Waals surface area contributed by atoms with Crippen LogP contribution in [0.5, 0.6) is 17.2 Å². The molecule has 0 atom stereocenters. The maximum absolute atomic E-state index is 11.0. The van der Waals surface area contributed by atoms with Gasteiger partial charge in [0.05, 0.1) is 30.9 Å². The minimum absolute atomic E-state index is 0.0457. The molecule has 0 fully saturated rings. The van der Waals surface area contributed by atoms with Crippen LogP contribution < -0.4 is 15.2 Å². The quantitative estimate of drug-likeness (QED) is 0.514. The van der Waals surface area contributed by atoms with E-state index >= 15 is 0 Å². The molecule has 0 aliphatic carbocycles. The lowest BCUT2D eigenvalue weighted by atomic mass is 10.1. The lowest BCUT2D eigenvalue weighted by Gasteiger charge is -2.10. The highest BCUT2D eigenvalue weighted by atomic mass is 16.5. The van der Waals surface area contributed by atoms with Crippen molar-refractivity contribution in [1.29, 1.82) is 0 Å². The molecule has 0 saturated heterocycles. The number of aromatic hydroxyl groups is 1. The van der Waals surface area contributed by atoms with Crippen LogP contribution in [0.4, 0.5) is 5.82 Å². The Balaban J connectivity index is 1.93. The summed E-state index contributed by atoms with van der Waals surface area (Å²) in [5.41, 5.74) is 9.74. The highest BCUT2D eigenvalue weighted by Gasteiger charge is 2.24. The SMILES string of the molecule is COc1cc(OC)cc(-c2c(O)c(-c3nc4ccccc4[nH]3)c(N)n2C)c1. The van der Waals surface area contributed by atoms with E-state index in [1.807, 2.05) is 36.4 Å². The zero-order chi connectivity index (χ0) is 19.1. The number of H-pyrrole nitrogens is 1. The second-order valence-corrected chi connectivity index (χ2v) is 6.22. The van der Waals surface area contributed by atoms with Crippen molar-refractivity contribution < 1.29 is 14.6 Å². The molecular weight excluding hydrogens is 344 g/mol. The van der Waals surface area contributed by atoms with E-state index in [2.05, 4.69) is 9.97 Å². The summed E-state index contributed by atoms with van der Waals surface area (Å²) in [5.74, 6) is 2.21. The molecule has 138 valence electrons. The largest absolute Gasteiger partial charge is 0.505 e. The lowest BCUT2D eigenvalue weighted by Crippen LogP contribution is -1.99. The molecular formula is C20H20N4O3. The summed E-state index contributed by atoms with van der Waals surface area (Å²) in [7, 11) is 4.96. The number of aromatic amines is 1. The Bertz CT molecular complexity index is 1090. The first-order valence-corrected chi connectivity index (χ1v) is 8.39. The first kappa shape index (κ1) is 16.8. The molecule has 2 heterocycles. The van der Waals surface area contributed by atoms with E-state index in [1.165, 1.54) is 0 Å². The zero-order valence-corrected chi connectivity index (χ0v) is 15.3. The van der Waals surface area contributed by atoms with Gasteiger partial charge in [0.1, 0.15) is 28.7 Å². The third-order valence-electron chi connectivity index (χ3n) is 4.67. The van der Waals surface area contributed by atoms with Crippen LogP contribution >= 0.6 is 0 Å². The van der Waals surface area contributed by atoms with E-state index in [0.29, 0.717) is 34.4 Å². The molecule has 0 radical (unpaired) electrons. The first-order valence-electron chi connectivity index (χ1n) is 8.39. The predicted molar refractivity (Wildman–Crippen MR) is 105 cm³/mol. The molecule has 7 nitrogen and oxygen atoms in total. The fourth-order valence-electron chi connectivity index (χ4n) is 3.27. The first-order chi connectivity index (χ1) is 13.0. The van der Waals surface area contributed by atoms with Crippen LogP contribution in [-0.4, -0.2) is 33.9 Å². The van der Waals surface area contributed by atoms with E-state index in [1.54, 1.807) is 31.9 Å². The number of anilines is 1. The van der Waals surface area contributed by atoms with Crippen molar-refractivity contribution in [3.63, 3.8) is 0 Å². The van der Waals surface area contributed by atoms with Crippen LogP contribution in [0.25, 0.3) is 33.7 Å². The van der Waals surface area contributed by atoms with E-state index in [9.17, 15) is 5.11 Å². The Hall–Kier alpha value is -3.61. The summed E-state index contributed by atoms with van der Waals surface area (Å²) in [6.45, 7) is 0. The number of para-hydroxylation sites is 2. The van der Waals surface area contributed by atoms with Gasteiger partial charge >= 0.3 is 0 Å². The normalized spacial score (nSPS) is 11.1. The van der Waals surface area contributed by atoms with Gasteiger partial charge in [0.15, 0.2) is 5.75 Å². The summed E-state index contributed by atoms with van der Waals surface area (Å²) >= 11 is 0. The predicted octanol–water partition coefficient (Wildman–Crippen LogP) is 3.54. The Morgan fingerprint density at radius 2 is 1.74 bits per heavy atom. The maximum atomic E-state index is 11.0. The average molecular weight is 364 g/mol. The molecule has 7 heteroatoms. The minimum Gasteiger partial charge on any atom is -0.505 e. The van der Waals surface area contributed by atoms with Crippen LogP contribution in [0.3, 0.4) is 0 Å². The van der Waals surface area contributed by atoms with E-state index in [-0.39, 0.29) is 5.75 Å². The molecule has 2 aromatic heterocycles. The van der Waals surface area contributed by atoms with Gasteiger partial charge in [-0.1, -0.05) is 12.1 Å². The number of fused-ring (bicyclic) bond motifs is 1. The van der Waals surface area contributed by atoms with E-state index in [4.69, 9.17) is 15.2 Å². The van der Waals surface area contributed by atoms with Gasteiger partial charge in [0.25, 0.3) is 0 Å². The number of imidazole rings is 1. The Morgan fingerprint density at radius 3 is 2.37 bits per heavy atom. The topological polar surface area (TPSA) is 98.3 Å². The number of nitrogen functional groups attached to an aromatic ring is 1. The number of hydrogen-bond donors (Lipinski definition) is 3. The summed E-state index contributed by atoms with van der Waals surface area (Å²) in [4.78, 5) is 7.78. The Kier molecular flexibility index (Phi) is 3.92. The molecule has 27 heavy (non-hydrogen) atoms. The molecule has 2 aromatic carbocycles. The summed E-state index contributed by atoms with van der Waals surface area (Å²) in [6, 6.07) is 13.1. The molecule has 0 amide bonds. The number of benzene rings is 2. The van der Waals surface area contributed by atoms with Crippen molar-refractivity contribution >= 4 is 16.9 Å². The van der Waals surface area contributed by atoms with Crippen LogP contribution in [-0.2, 0) is 7.05 Å². The molecule has 0 unspecified atom stereocenters. The number of aromatic nitrogens is 3. The van der Waals surface area contributed by atoms with Crippen LogP contribution in [0, 0.1) is 0 Å². The number of nitrogens with zero attached hydrogens (tertiary/aromatic N) is 2. The number of rotatable bonds is 4. The van der Waals surface area contributed by atoms with Crippen molar-refractivity contribution in [2.75, 3.05) is 20.0 Å². The Morgan fingerprint density at radius 1 is 1.07 bits per heavy atom. The summed E-state index contributed by atoms with van der Waals surface area (Å²) < 4.78 is 12.4. The van der Waals surface area contributed by atoms with Gasteiger partial charge in [0.2, 0.25) is 0 Å². The van der Waals surface area contributed by atoms with Crippen molar-refractivity contribution in [3.05, 3.63) is 42.5 Å². The summed E-state index contributed by atoms with van der Waals surface area (Å²) in [5, 5.41) is 11.0. The molecule has 0 aliphatic heterocycles. The number of hydrogen-bond acceptors (Lipinski definition) is 5. The fraction of sp³-hybridized carbons (Fsp3) is 0.150. The van der Waals surface area contributed by atoms with Crippen LogP contribution in [0.1, 0.15) is 0 Å². The van der Waals surface area contributed by atoms with Crippen molar-refractivity contribution in [2.24, 2.45) is 7.05 Å². The molecule has 0 saturated carbocycles.